The van der Waals surface area contributed by atoms with Crippen molar-refractivity contribution in [3.63, 3.8) is 0 Å². The van der Waals surface area contributed by atoms with Crippen LogP contribution >= 0.6 is 11.3 Å². The third kappa shape index (κ3) is 3.18. The van der Waals surface area contributed by atoms with Crippen LogP contribution in [0.25, 0.3) is 0 Å². The Morgan fingerprint density at radius 1 is 1.37 bits per heavy atom. The van der Waals surface area contributed by atoms with Crippen LogP contribution in [0.4, 0.5) is 10.9 Å². The predicted molar refractivity (Wildman–Crippen MR) is 81.9 cm³/mol. The molecule has 1 heterocycles. The van der Waals surface area contributed by atoms with Crippen LogP contribution in [0.3, 0.4) is 0 Å². The summed E-state index contributed by atoms with van der Waals surface area (Å²) in [5.41, 5.74) is 5.69. The third-order valence-corrected chi connectivity index (χ3v) is 4.89. The Morgan fingerprint density at radius 3 is 2.42 bits per heavy atom. The van der Waals surface area contributed by atoms with Gasteiger partial charge in [0.15, 0.2) is 5.13 Å². The normalized spacial score (nSPS) is 11.5. The average Bonchev–Trinajstić information content (AvgIpc) is 2.78. The molecule has 0 spiro atoms. The van der Waals surface area contributed by atoms with Crippen LogP contribution in [0.1, 0.15) is 43.8 Å². The lowest BCUT2D eigenvalue weighted by atomic mass is 10.00. The molecule has 1 aromatic heterocycles. The van der Waals surface area contributed by atoms with Crippen molar-refractivity contribution in [3.05, 3.63) is 4.88 Å². The topological polar surface area (TPSA) is 62.5 Å². The van der Waals surface area contributed by atoms with Crippen molar-refractivity contribution >= 4 is 28.2 Å². The van der Waals surface area contributed by atoms with Gasteiger partial charge < -0.3 is 15.5 Å². The fraction of sp³-hybridized carbons (Fsp3) is 0.692. The van der Waals surface area contributed by atoms with Crippen LogP contribution in [-0.2, 0) is 0 Å². The molecule has 19 heavy (non-hydrogen) atoms. The second-order valence-corrected chi connectivity index (χ2v) is 6.23. The standard InChI is InChI=1S/C13H24N4OS/c1-7-13(3,4)17(6)11(18)9-10(14)15-12(19-9)16(5)8-2/h7-8,14H2,1-6H3. The summed E-state index contributed by atoms with van der Waals surface area (Å²) in [5, 5.41) is 0.783. The molecule has 6 heteroatoms. The lowest BCUT2D eigenvalue weighted by Gasteiger charge is -2.34. The van der Waals surface area contributed by atoms with Gasteiger partial charge in [0.05, 0.1) is 0 Å². The Bertz CT molecular complexity index is 455. The third-order valence-electron chi connectivity index (χ3n) is 3.72. The molecular formula is C13H24N4OS. The molecule has 2 N–H and O–H groups in total. The first-order chi connectivity index (χ1) is 8.74. The lowest BCUT2D eigenvalue weighted by molar-refractivity contribution is 0.0626. The zero-order valence-electron chi connectivity index (χ0n) is 12.6. The Morgan fingerprint density at radius 2 is 1.95 bits per heavy atom. The number of rotatable bonds is 5. The predicted octanol–water partition coefficient (Wildman–Crippen LogP) is 2.44. The van der Waals surface area contributed by atoms with E-state index in [9.17, 15) is 4.79 Å². The van der Waals surface area contributed by atoms with E-state index in [0.29, 0.717) is 10.7 Å². The van der Waals surface area contributed by atoms with Crippen LogP contribution in [0.5, 0.6) is 0 Å². The minimum Gasteiger partial charge on any atom is -0.382 e. The molecule has 0 aliphatic rings. The number of anilines is 2. The van der Waals surface area contributed by atoms with Gasteiger partial charge in [-0.25, -0.2) is 4.98 Å². The van der Waals surface area contributed by atoms with E-state index in [1.807, 2.05) is 39.8 Å². The summed E-state index contributed by atoms with van der Waals surface area (Å²) >= 11 is 1.35. The maximum Gasteiger partial charge on any atom is 0.268 e. The van der Waals surface area contributed by atoms with Gasteiger partial charge in [-0.1, -0.05) is 18.3 Å². The monoisotopic (exact) mass is 284 g/mol. The van der Waals surface area contributed by atoms with Gasteiger partial charge in [0, 0.05) is 26.2 Å². The number of nitrogens with zero attached hydrogens (tertiary/aromatic N) is 3. The van der Waals surface area contributed by atoms with E-state index in [1.165, 1.54) is 11.3 Å². The molecule has 0 aromatic carbocycles. The van der Waals surface area contributed by atoms with Gasteiger partial charge in [-0.2, -0.15) is 0 Å². The van der Waals surface area contributed by atoms with Crippen molar-refractivity contribution in [2.24, 2.45) is 0 Å². The van der Waals surface area contributed by atoms with E-state index in [1.54, 1.807) is 4.90 Å². The molecule has 1 aromatic rings. The molecule has 108 valence electrons. The Hall–Kier alpha value is -1.30. The summed E-state index contributed by atoms with van der Waals surface area (Å²) in [6, 6.07) is 0. The van der Waals surface area contributed by atoms with Crippen LogP contribution in [0, 0.1) is 0 Å². The van der Waals surface area contributed by atoms with E-state index >= 15 is 0 Å². The number of hydrogen-bond acceptors (Lipinski definition) is 5. The molecule has 0 saturated heterocycles. The maximum atomic E-state index is 12.5. The highest BCUT2D eigenvalue weighted by atomic mass is 32.1. The Balaban J connectivity index is 3.04. The zero-order valence-corrected chi connectivity index (χ0v) is 13.5. The number of hydrogen-bond donors (Lipinski definition) is 1. The zero-order chi connectivity index (χ0) is 14.8. The second-order valence-electron chi connectivity index (χ2n) is 5.26. The largest absolute Gasteiger partial charge is 0.382 e. The molecule has 0 aliphatic carbocycles. The highest BCUT2D eigenvalue weighted by molar-refractivity contribution is 7.18. The van der Waals surface area contributed by atoms with Crippen LogP contribution in [0.15, 0.2) is 0 Å². The summed E-state index contributed by atoms with van der Waals surface area (Å²) in [6.45, 7) is 9.01. The van der Waals surface area contributed by atoms with Crippen molar-refractivity contribution in [2.45, 2.75) is 39.7 Å². The van der Waals surface area contributed by atoms with Gasteiger partial charge >= 0.3 is 0 Å². The average molecular weight is 284 g/mol. The van der Waals surface area contributed by atoms with Gasteiger partial charge in [-0.15, -0.1) is 0 Å². The molecular weight excluding hydrogens is 260 g/mol. The van der Waals surface area contributed by atoms with Crippen molar-refractivity contribution < 1.29 is 4.79 Å². The maximum absolute atomic E-state index is 12.5. The minimum atomic E-state index is -0.190. The molecule has 0 bridgehead atoms. The molecule has 5 nitrogen and oxygen atoms in total. The first-order valence-electron chi connectivity index (χ1n) is 6.50. The minimum absolute atomic E-state index is 0.0578. The van der Waals surface area contributed by atoms with Crippen LogP contribution in [0.2, 0.25) is 0 Å². The fourth-order valence-corrected chi connectivity index (χ4v) is 2.42. The number of thiazole rings is 1. The molecule has 1 rings (SSSR count). The molecule has 1 amide bonds. The van der Waals surface area contributed by atoms with Crippen molar-refractivity contribution in [1.82, 2.24) is 9.88 Å². The first-order valence-corrected chi connectivity index (χ1v) is 7.31. The van der Waals surface area contributed by atoms with Gasteiger partial charge in [0.25, 0.3) is 5.91 Å². The molecule has 0 saturated carbocycles. The van der Waals surface area contributed by atoms with Gasteiger partial charge in [-0.3, -0.25) is 4.79 Å². The first kappa shape index (κ1) is 15.8. The van der Waals surface area contributed by atoms with Crippen LogP contribution in [-0.4, -0.2) is 42.0 Å². The van der Waals surface area contributed by atoms with Crippen molar-refractivity contribution in [2.75, 3.05) is 31.3 Å². The van der Waals surface area contributed by atoms with Crippen molar-refractivity contribution in [3.8, 4) is 0 Å². The molecule has 0 unspecified atom stereocenters. The van der Waals surface area contributed by atoms with Crippen LogP contribution < -0.4 is 10.6 Å². The fourth-order valence-electron chi connectivity index (χ4n) is 1.44. The molecule has 0 atom stereocenters. The number of nitrogen functional groups attached to an aromatic ring is 1. The summed E-state index contributed by atoms with van der Waals surface area (Å²) in [4.78, 5) is 21.0. The number of aromatic nitrogens is 1. The number of carbonyl (C=O) groups is 1. The SMILES string of the molecule is CCN(C)c1nc(N)c(C(=O)N(C)C(C)(C)CC)s1. The summed E-state index contributed by atoms with van der Waals surface area (Å²) in [6.07, 6.45) is 0.885. The second kappa shape index (κ2) is 5.77. The molecule has 0 aliphatic heterocycles. The smallest absolute Gasteiger partial charge is 0.268 e. The van der Waals surface area contributed by atoms with Crippen molar-refractivity contribution in [1.29, 1.82) is 0 Å². The Kier molecular flexibility index (Phi) is 4.79. The highest BCUT2D eigenvalue weighted by Gasteiger charge is 2.29. The van der Waals surface area contributed by atoms with E-state index in [-0.39, 0.29) is 11.4 Å². The summed E-state index contributed by atoms with van der Waals surface area (Å²) in [5.74, 6) is 0.265. The summed E-state index contributed by atoms with van der Waals surface area (Å²) < 4.78 is 0. The van der Waals surface area contributed by atoms with Gasteiger partial charge in [0.1, 0.15) is 10.7 Å². The number of amides is 1. The summed E-state index contributed by atoms with van der Waals surface area (Å²) in [7, 11) is 3.75. The highest BCUT2D eigenvalue weighted by Crippen LogP contribution is 2.30. The number of nitrogens with two attached hydrogens (primary N) is 1. The van der Waals surface area contributed by atoms with E-state index in [0.717, 1.165) is 18.1 Å². The lowest BCUT2D eigenvalue weighted by Crippen LogP contribution is -2.44. The van der Waals surface area contributed by atoms with E-state index < -0.39 is 0 Å². The quantitative estimate of drug-likeness (QED) is 0.902. The van der Waals surface area contributed by atoms with E-state index in [4.69, 9.17) is 5.73 Å². The Labute approximate surface area is 119 Å². The number of carbonyl (C=O) groups excluding carboxylic acids is 1. The van der Waals surface area contributed by atoms with Gasteiger partial charge in [0.2, 0.25) is 0 Å². The van der Waals surface area contributed by atoms with Gasteiger partial charge in [-0.05, 0) is 27.2 Å². The van der Waals surface area contributed by atoms with E-state index in [2.05, 4.69) is 11.9 Å². The molecule has 0 radical (unpaired) electrons. The molecule has 0 fully saturated rings.